The average molecular weight is 196 g/mol. The number of hydrogen-bond acceptors (Lipinski definition) is 3. The van der Waals surface area contributed by atoms with Crippen LogP contribution in [0, 0.1) is 5.92 Å². The summed E-state index contributed by atoms with van der Waals surface area (Å²) in [7, 11) is 0. The predicted octanol–water partition coefficient (Wildman–Crippen LogP) is 1.11. The Bertz CT molecular complexity index is 99.0. The van der Waals surface area contributed by atoms with Crippen molar-refractivity contribution in [2.45, 2.75) is 12.6 Å². The minimum atomic E-state index is 0. The molecule has 2 nitrogen and oxygen atoms in total. The van der Waals surface area contributed by atoms with Gasteiger partial charge in [0.05, 0.1) is 6.61 Å². The number of hydrogen-bond donors (Lipinski definition) is 1. The van der Waals surface area contributed by atoms with Gasteiger partial charge in [0.25, 0.3) is 0 Å². The van der Waals surface area contributed by atoms with Gasteiger partial charge in [0.15, 0.2) is 0 Å². The third-order valence-corrected chi connectivity index (χ3v) is 3.33. The lowest BCUT2D eigenvalue weighted by atomic mass is 10.1. The molecule has 2 aliphatic heterocycles. The highest BCUT2D eigenvalue weighted by molar-refractivity contribution is 7.99. The monoisotopic (exact) mass is 195 g/mol. The summed E-state index contributed by atoms with van der Waals surface area (Å²) in [6.07, 6.45) is 1.72. The maximum atomic E-state index is 5.51. The molecule has 0 radical (unpaired) electrons. The summed E-state index contributed by atoms with van der Waals surface area (Å²) in [4.78, 5) is 0. The molecule has 2 unspecified atom stereocenters. The fraction of sp³-hybridized carbons (Fsp3) is 1.00. The smallest absolute Gasteiger partial charge is 0.111 e. The van der Waals surface area contributed by atoms with E-state index in [1.807, 2.05) is 11.8 Å². The highest BCUT2D eigenvalue weighted by atomic mass is 35.5. The van der Waals surface area contributed by atoms with Crippen molar-refractivity contribution in [1.29, 1.82) is 0 Å². The van der Waals surface area contributed by atoms with E-state index in [0.717, 1.165) is 19.1 Å². The standard InChI is InChI=1S/C7H13NOS.ClH/c1-4-10-5-6(1)7-8-2-3-9-7;/h6-8H,1-5H2;1H. The minimum absolute atomic E-state index is 0. The first kappa shape index (κ1) is 9.65. The molecule has 4 heteroatoms. The lowest BCUT2D eigenvalue weighted by molar-refractivity contribution is 0.0612. The van der Waals surface area contributed by atoms with Crippen LogP contribution in [0.5, 0.6) is 0 Å². The van der Waals surface area contributed by atoms with Gasteiger partial charge in [-0.2, -0.15) is 11.8 Å². The van der Waals surface area contributed by atoms with Crippen LogP contribution < -0.4 is 5.32 Å². The maximum Gasteiger partial charge on any atom is 0.111 e. The Morgan fingerprint density at radius 2 is 2.36 bits per heavy atom. The second kappa shape index (κ2) is 4.55. The van der Waals surface area contributed by atoms with Crippen LogP contribution in [-0.4, -0.2) is 30.9 Å². The SMILES string of the molecule is C1COC(C2CCSC2)N1.Cl. The van der Waals surface area contributed by atoms with Crippen molar-refractivity contribution in [2.75, 3.05) is 24.7 Å². The summed E-state index contributed by atoms with van der Waals surface area (Å²) >= 11 is 2.05. The summed E-state index contributed by atoms with van der Waals surface area (Å²) in [6, 6.07) is 0. The van der Waals surface area contributed by atoms with E-state index in [0.29, 0.717) is 6.23 Å². The van der Waals surface area contributed by atoms with E-state index >= 15 is 0 Å². The summed E-state index contributed by atoms with van der Waals surface area (Å²) in [6.45, 7) is 1.96. The molecular formula is C7H14ClNOS. The van der Waals surface area contributed by atoms with Crippen LogP contribution in [0.2, 0.25) is 0 Å². The van der Waals surface area contributed by atoms with Crippen LogP contribution in [-0.2, 0) is 4.74 Å². The van der Waals surface area contributed by atoms with Gasteiger partial charge < -0.3 is 4.74 Å². The predicted molar refractivity (Wildman–Crippen MR) is 50.4 cm³/mol. The molecule has 2 atom stereocenters. The molecule has 0 spiro atoms. The van der Waals surface area contributed by atoms with Gasteiger partial charge >= 0.3 is 0 Å². The molecule has 2 rings (SSSR count). The molecule has 1 N–H and O–H groups in total. The van der Waals surface area contributed by atoms with E-state index in [9.17, 15) is 0 Å². The first-order valence-electron chi connectivity index (χ1n) is 3.89. The van der Waals surface area contributed by atoms with Crippen LogP contribution in [0.15, 0.2) is 0 Å². The van der Waals surface area contributed by atoms with E-state index in [-0.39, 0.29) is 12.4 Å². The molecule has 0 saturated carbocycles. The van der Waals surface area contributed by atoms with E-state index in [1.54, 1.807) is 0 Å². The highest BCUT2D eigenvalue weighted by Gasteiger charge is 2.27. The summed E-state index contributed by atoms with van der Waals surface area (Å²) in [5, 5.41) is 3.36. The second-order valence-electron chi connectivity index (χ2n) is 2.87. The van der Waals surface area contributed by atoms with Gasteiger partial charge in [-0.3, -0.25) is 5.32 Å². The second-order valence-corrected chi connectivity index (χ2v) is 4.02. The van der Waals surface area contributed by atoms with E-state index in [1.165, 1.54) is 17.9 Å². The lowest BCUT2D eigenvalue weighted by Gasteiger charge is -2.15. The Morgan fingerprint density at radius 3 is 2.91 bits per heavy atom. The number of rotatable bonds is 1. The minimum Gasteiger partial charge on any atom is -0.362 e. The molecule has 0 aromatic heterocycles. The zero-order valence-corrected chi connectivity index (χ0v) is 8.05. The van der Waals surface area contributed by atoms with Crippen molar-refractivity contribution in [1.82, 2.24) is 5.32 Å². The fourth-order valence-corrected chi connectivity index (χ4v) is 2.82. The third-order valence-electron chi connectivity index (χ3n) is 2.14. The molecular weight excluding hydrogens is 182 g/mol. The Balaban J connectivity index is 0.000000605. The van der Waals surface area contributed by atoms with E-state index < -0.39 is 0 Å². The van der Waals surface area contributed by atoms with Gasteiger partial charge in [-0.1, -0.05) is 0 Å². The van der Waals surface area contributed by atoms with Crippen molar-refractivity contribution in [3.63, 3.8) is 0 Å². The van der Waals surface area contributed by atoms with E-state index in [4.69, 9.17) is 4.74 Å². The van der Waals surface area contributed by atoms with Crippen molar-refractivity contribution < 1.29 is 4.74 Å². The highest BCUT2D eigenvalue weighted by Crippen LogP contribution is 2.27. The van der Waals surface area contributed by atoms with Crippen LogP contribution in [0.3, 0.4) is 0 Å². The molecule has 0 amide bonds. The van der Waals surface area contributed by atoms with Crippen molar-refractivity contribution in [2.24, 2.45) is 5.92 Å². The first-order chi connectivity index (χ1) is 4.97. The maximum absolute atomic E-state index is 5.51. The Hall–Kier alpha value is 0.560. The number of ether oxygens (including phenoxy) is 1. The normalized spacial score (nSPS) is 37.1. The molecule has 66 valence electrons. The van der Waals surface area contributed by atoms with Crippen molar-refractivity contribution in [3.05, 3.63) is 0 Å². The van der Waals surface area contributed by atoms with Gasteiger partial charge in [-0.25, -0.2) is 0 Å². The summed E-state index contributed by atoms with van der Waals surface area (Å²) in [5.74, 6) is 3.40. The molecule has 2 aliphatic rings. The summed E-state index contributed by atoms with van der Waals surface area (Å²) in [5.41, 5.74) is 0. The zero-order chi connectivity index (χ0) is 6.81. The van der Waals surface area contributed by atoms with E-state index in [2.05, 4.69) is 5.32 Å². The van der Waals surface area contributed by atoms with Crippen LogP contribution >= 0.6 is 24.2 Å². The average Bonchev–Trinajstić information content (AvgIpc) is 2.59. The number of halogens is 1. The van der Waals surface area contributed by atoms with Gasteiger partial charge in [-0.15, -0.1) is 12.4 Å². The molecule has 2 saturated heterocycles. The van der Waals surface area contributed by atoms with Gasteiger partial charge in [0.1, 0.15) is 6.23 Å². The quantitative estimate of drug-likeness (QED) is 0.678. The van der Waals surface area contributed by atoms with Gasteiger partial charge in [0, 0.05) is 12.5 Å². The molecule has 0 aliphatic carbocycles. The first-order valence-corrected chi connectivity index (χ1v) is 5.05. The van der Waals surface area contributed by atoms with Crippen molar-refractivity contribution in [3.8, 4) is 0 Å². The number of nitrogens with one attached hydrogen (secondary N) is 1. The molecule has 0 aromatic rings. The molecule has 2 fully saturated rings. The molecule has 2 heterocycles. The largest absolute Gasteiger partial charge is 0.362 e. The molecule has 0 aromatic carbocycles. The van der Waals surface area contributed by atoms with Crippen LogP contribution in [0.4, 0.5) is 0 Å². The molecule has 11 heavy (non-hydrogen) atoms. The third kappa shape index (κ3) is 2.25. The fourth-order valence-electron chi connectivity index (χ4n) is 1.54. The lowest BCUT2D eigenvalue weighted by Crippen LogP contribution is -2.31. The van der Waals surface area contributed by atoms with Crippen LogP contribution in [0.25, 0.3) is 0 Å². The topological polar surface area (TPSA) is 21.3 Å². The molecule has 0 bridgehead atoms. The zero-order valence-electron chi connectivity index (χ0n) is 6.41. The van der Waals surface area contributed by atoms with Gasteiger partial charge in [0.2, 0.25) is 0 Å². The Labute approximate surface area is 77.9 Å². The number of thioether (sulfide) groups is 1. The van der Waals surface area contributed by atoms with Gasteiger partial charge in [-0.05, 0) is 17.9 Å². The van der Waals surface area contributed by atoms with Crippen LogP contribution in [0.1, 0.15) is 6.42 Å². The summed E-state index contributed by atoms with van der Waals surface area (Å²) < 4.78 is 5.51. The Kier molecular flexibility index (Phi) is 3.99. The Morgan fingerprint density at radius 1 is 1.45 bits per heavy atom. The van der Waals surface area contributed by atoms with Crippen molar-refractivity contribution >= 4 is 24.2 Å².